The molecule has 0 aliphatic rings. The molecule has 5 heteroatoms. The molecule has 0 fully saturated rings. The first-order valence-corrected chi connectivity index (χ1v) is 6.94. The maximum absolute atomic E-state index is 13.0. The molecule has 0 saturated heterocycles. The van der Waals surface area contributed by atoms with E-state index in [0.717, 1.165) is 20.9 Å². The quantitative estimate of drug-likeness (QED) is 0.757. The minimum atomic E-state index is -0.226. The van der Waals surface area contributed by atoms with E-state index in [0.29, 0.717) is 11.6 Å². The van der Waals surface area contributed by atoms with E-state index in [1.807, 2.05) is 24.3 Å². The third-order valence-corrected chi connectivity index (χ3v) is 3.91. The van der Waals surface area contributed by atoms with Crippen LogP contribution in [0.4, 0.5) is 9.52 Å². The van der Waals surface area contributed by atoms with Gasteiger partial charge in [0.1, 0.15) is 5.82 Å². The smallest absolute Gasteiger partial charge is 0.184 e. The van der Waals surface area contributed by atoms with E-state index in [4.69, 9.17) is 11.6 Å². The van der Waals surface area contributed by atoms with Crippen LogP contribution >= 0.6 is 22.9 Å². The van der Waals surface area contributed by atoms with Gasteiger partial charge in [-0.1, -0.05) is 35.1 Å². The zero-order valence-corrected chi connectivity index (χ0v) is 11.4. The van der Waals surface area contributed by atoms with E-state index in [1.165, 1.54) is 12.1 Å². The van der Waals surface area contributed by atoms with Gasteiger partial charge in [0.2, 0.25) is 0 Å². The Labute approximate surface area is 118 Å². The molecule has 1 aromatic heterocycles. The fourth-order valence-corrected chi connectivity index (χ4v) is 2.81. The first-order valence-electron chi connectivity index (χ1n) is 5.75. The lowest BCUT2D eigenvalue weighted by molar-refractivity contribution is 0.626. The molecule has 1 heterocycles. The Bertz CT molecular complexity index is 726. The highest BCUT2D eigenvalue weighted by Crippen LogP contribution is 2.28. The van der Waals surface area contributed by atoms with Crippen LogP contribution in [0.1, 0.15) is 5.56 Å². The molecule has 0 bridgehead atoms. The fraction of sp³-hybridized carbons (Fsp3) is 0.0714. The van der Waals surface area contributed by atoms with Crippen molar-refractivity contribution in [1.29, 1.82) is 0 Å². The molecule has 0 saturated carbocycles. The van der Waals surface area contributed by atoms with Gasteiger partial charge in [0.05, 0.1) is 10.2 Å². The second-order valence-corrected chi connectivity index (χ2v) is 5.58. The molecule has 1 N–H and O–H groups in total. The van der Waals surface area contributed by atoms with Crippen molar-refractivity contribution in [3.63, 3.8) is 0 Å². The lowest BCUT2D eigenvalue weighted by atomic mass is 10.2. The van der Waals surface area contributed by atoms with Crippen LogP contribution in [0.15, 0.2) is 42.5 Å². The summed E-state index contributed by atoms with van der Waals surface area (Å²) in [5.41, 5.74) is 1.76. The molecule has 2 aromatic carbocycles. The molecule has 3 rings (SSSR count). The van der Waals surface area contributed by atoms with Crippen LogP contribution in [0.25, 0.3) is 10.2 Å². The van der Waals surface area contributed by atoms with Gasteiger partial charge in [0.25, 0.3) is 0 Å². The van der Waals surface area contributed by atoms with Crippen LogP contribution in [-0.4, -0.2) is 4.98 Å². The average molecular weight is 293 g/mol. The zero-order chi connectivity index (χ0) is 13.2. The number of anilines is 1. The zero-order valence-electron chi connectivity index (χ0n) is 9.86. The fourth-order valence-electron chi connectivity index (χ4n) is 1.80. The lowest BCUT2D eigenvalue weighted by Gasteiger charge is -2.02. The Kier molecular flexibility index (Phi) is 3.36. The van der Waals surface area contributed by atoms with Crippen LogP contribution in [0.2, 0.25) is 5.02 Å². The number of fused-ring (bicyclic) bond motifs is 1. The maximum Gasteiger partial charge on any atom is 0.184 e. The van der Waals surface area contributed by atoms with Crippen molar-refractivity contribution >= 4 is 38.3 Å². The van der Waals surface area contributed by atoms with Gasteiger partial charge in [0.15, 0.2) is 5.13 Å². The van der Waals surface area contributed by atoms with Gasteiger partial charge in [-0.25, -0.2) is 9.37 Å². The summed E-state index contributed by atoms with van der Waals surface area (Å²) in [5.74, 6) is -0.226. The molecule has 19 heavy (non-hydrogen) atoms. The first kappa shape index (κ1) is 12.4. The van der Waals surface area contributed by atoms with Crippen molar-refractivity contribution in [3.8, 4) is 0 Å². The second kappa shape index (κ2) is 5.15. The summed E-state index contributed by atoms with van der Waals surface area (Å²) in [4.78, 5) is 4.44. The summed E-state index contributed by atoms with van der Waals surface area (Å²) >= 11 is 7.48. The second-order valence-electron chi connectivity index (χ2n) is 4.11. The average Bonchev–Trinajstić information content (AvgIpc) is 2.78. The Balaban J connectivity index is 1.78. The van der Waals surface area contributed by atoms with E-state index in [-0.39, 0.29) is 5.82 Å². The molecule has 0 spiro atoms. The minimum Gasteiger partial charge on any atom is -0.357 e. The van der Waals surface area contributed by atoms with Crippen molar-refractivity contribution in [1.82, 2.24) is 4.98 Å². The molecule has 0 atom stereocenters. The van der Waals surface area contributed by atoms with Crippen molar-refractivity contribution in [2.45, 2.75) is 6.54 Å². The molecule has 3 aromatic rings. The number of nitrogens with zero attached hydrogens (tertiary/aromatic N) is 1. The summed E-state index contributed by atoms with van der Waals surface area (Å²) in [6.07, 6.45) is 0. The van der Waals surface area contributed by atoms with Crippen LogP contribution in [-0.2, 0) is 6.54 Å². The Hall–Kier alpha value is -1.65. The van der Waals surface area contributed by atoms with Gasteiger partial charge < -0.3 is 5.32 Å². The van der Waals surface area contributed by atoms with Gasteiger partial charge in [-0.2, -0.15) is 0 Å². The topological polar surface area (TPSA) is 24.9 Å². The summed E-state index contributed by atoms with van der Waals surface area (Å²) in [7, 11) is 0. The van der Waals surface area contributed by atoms with E-state index in [1.54, 1.807) is 17.4 Å². The Morgan fingerprint density at radius 3 is 2.95 bits per heavy atom. The number of hydrogen-bond donors (Lipinski definition) is 1. The summed E-state index contributed by atoms with van der Waals surface area (Å²) in [6.45, 7) is 0.547. The lowest BCUT2D eigenvalue weighted by Crippen LogP contribution is -1.98. The van der Waals surface area contributed by atoms with Gasteiger partial charge in [-0.15, -0.1) is 0 Å². The van der Waals surface area contributed by atoms with E-state index in [2.05, 4.69) is 10.3 Å². The molecule has 2 nitrogen and oxygen atoms in total. The Morgan fingerprint density at radius 1 is 1.21 bits per heavy atom. The van der Waals surface area contributed by atoms with Gasteiger partial charge in [-0.3, -0.25) is 0 Å². The number of thiazole rings is 1. The van der Waals surface area contributed by atoms with Crippen LogP contribution in [0.3, 0.4) is 0 Å². The monoisotopic (exact) mass is 292 g/mol. The molecule has 0 amide bonds. The molecule has 0 aliphatic heterocycles. The van der Waals surface area contributed by atoms with Gasteiger partial charge in [-0.05, 0) is 35.9 Å². The Morgan fingerprint density at radius 2 is 2.11 bits per heavy atom. The molecule has 0 radical (unpaired) electrons. The van der Waals surface area contributed by atoms with Crippen LogP contribution in [0, 0.1) is 5.82 Å². The predicted molar refractivity (Wildman–Crippen MR) is 78.4 cm³/mol. The first-order chi connectivity index (χ1) is 9.20. The normalized spacial score (nSPS) is 10.8. The van der Waals surface area contributed by atoms with Crippen molar-refractivity contribution in [2.24, 2.45) is 0 Å². The largest absolute Gasteiger partial charge is 0.357 e. The highest BCUT2D eigenvalue weighted by Gasteiger charge is 2.04. The summed E-state index contributed by atoms with van der Waals surface area (Å²) in [6, 6.07) is 12.1. The predicted octanol–water partition coefficient (Wildman–Crippen LogP) is 4.70. The highest BCUT2D eigenvalue weighted by atomic mass is 35.5. The maximum atomic E-state index is 13.0. The summed E-state index contributed by atoms with van der Waals surface area (Å²) in [5, 5.41) is 4.68. The molecule has 96 valence electrons. The minimum absolute atomic E-state index is 0.226. The molecular formula is C14H10ClFN2S. The van der Waals surface area contributed by atoms with E-state index < -0.39 is 0 Å². The van der Waals surface area contributed by atoms with E-state index in [9.17, 15) is 4.39 Å². The molecule has 0 unspecified atom stereocenters. The van der Waals surface area contributed by atoms with Crippen LogP contribution in [0.5, 0.6) is 0 Å². The summed E-state index contributed by atoms with van der Waals surface area (Å²) < 4.78 is 14.1. The molecule has 0 aliphatic carbocycles. The SMILES string of the molecule is Fc1cccc(CNc2nc3cc(Cl)ccc3s2)c1. The number of hydrogen-bond acceptors (Lipinski definition) is 3. The van der Waals surface area contributed by atoms with E-state index >= 15 is 0 Å². The number of aromatic nitrogens is 1. The van der Waals surface area contributed by atoms with Crippen molar-refractivity contribution < 1.29 is 4.39 Å². The number of rotatable bonds is 3. The third kappa shape index (κ3) is 2.85. The van der Waals surface area contributed by atoms with Crippen LogP contribution < -0.4 is 5.32 Å². The van der Waals surface area contributed by atoms with Gasteiger partial charge >= 0.3 is 0 Å². The third-order valence-electron chi connectivity index (χ3n) is 2.68. The number of halogens is 2. The van der Waals surface area contributed by atoms with Gasteiger partial charge in [0, 0.05) is 11.6 Å². The highest BCUT2D eigenvalue weighted by molar-refractivity contribution is 7.22. The molecular weight excluding hydrogens is 283 g/mol. The van der Waals surface area contributed by atoms with Crippen molar-refractivity contribution in [2.75, 3.05) is 5.32 Å². The number of nitrogens with one attached hydrogen (secondary N) is 1. The standard InChI is InChI=1S/C14H10ClFN2S/c15-10-4-5-13-12(7-10)18-14(19-13)17-8-9-2-1-3-11(16)6-9/h1-7H,8H2,(H,17,18). The van der Waals surface area contributed by atoms with Crippen molar-refractivity contribution in [3.05, 3.63) is 58.9 Å². The number of benzene rings is 2.